The van der Waals surface area contributed by atoms with Crippen molar-refractivity contribution < 1.29 is 13.6 Å². The monoisotopic (exact) mass is 357 g/mol. The molecule has 2 nitrogen and oxygen atoms in total. The molecule has 0 aliphatic rings. The molecule has 0 aromatic heterocycles. The van der Waals surface area contributed by atoms with Gasteiger partial charge in [-0.2, -0.15) is 8.78 Å². The SMILES string of the molecule is O=C(Nc1ccccc1SC(F)F)c1ccccc1Br. The second-order valence-electron chi connectivity index (χ2n) is 3.81. The zero-order chi connectivity index (χ0) is 14.5. The van der Waals surface area contributed by atoms with Crippen molar-refractivity contribution >= 4 is 39.3 Å². The molecule has 0 heterocycles. The van der Waals surface area contributed by atoms with Crippen molar-refractivity contribution in [3.8, 4) is 0 Å². The molecule has 1 amide bonds. The largest absolute Gasteiger partial charge is 0.321 e. The van der Waals surface area contributed by atoms with Gasteiger partial charge in [-0.1, -0.05) is 36.0 Å². The van der Waals surface area contributed by atoms with Gasteiger partial charge in [0.1, 0.15) is 0 Å². The van der Waals surface area contributed by atoms with E-state index in [9.17, 15) is 13.6 Å². The summed E-state index contributed by atoms with van der Waals surface area (Å²) in [4.78, 5) is 12.5. The van der Waals surface area contributed by atoms with E-state index < -0.39 is 5.76 Å². The van der Waals surface area contributed by atoms with Crippen LogP contribution in [0.1, 0.15) is 10.4 Å². The fraction of sp³-hybridized carbons (Fsp3) is 0.0714. The highest BCUT2D eigenvalue weighted by Crippen LogP contribution is 2.32. The molecule has 20 heavy (non-hydrogen) atoms. The molecule has 0 radical (unpaired) electrons. The van der Waals surface area contributed by atoms with Crippen LogP contribution in [0.25, 0.3) is 0 Å². The number of hydrogen-bond acceptors (Lipinski definition) is 2. The third-order valence-corrected chi connectivity index (χ3v) is 3.95. The first-order valence-electron chi connectivity index (χ1n) is 5.67. The standard InChI is InChI=1S/C14H10BrF2NOS/c15-10-6-2-1-5-9(10)13(19)18-11-7-3-4-8-12(11)20-14(16)17/h1-8,14H,(H,18,19). The maximum Gasteiger partial charge on any atom is 0.288 e. The number of para-hydroxylation sites is 1. The molecular formula is C14H10BrF2NOS. The number of rotatable bonds is 4. The Morgan fingerprint density at radius 3 is 2.45 bits per heavy atom. The van der Waals surface area contributed by atoms with Crippen LogP contribution in [0, 0.1) is 0 Å². The minimum atomic E-state index is -2.53. The second kappa shape index (κ2) is 6.85. The number of thioether (sulfide) groups is 1. The van der Waals surface area contributed by atoms with E-state index in [0.29, 0.717) is 32.4 Å². The lowest BCUT2D eigenvalue weighted by Crippen LogP contribution is -2.13. The Bertz CT molecular complexity index is 622. The number of hydrogen-bond donors (Lipinski definition) is 1. The fourth-order valence-corrected chi connectivity index (χ4v) is 2.66. The Morgan fingerprint density at radius 1 is 1.10 bits per heavy atom. The van der Waals surface area contributed by atoms with Gasteiger partial charge in [-0.3, -0.25) is 4.79 Å². The summed E-state index contributed by atoms with van der Waals surface area (Å²) in [7, 11) is 0. The predicted molar refractivity (Wildman–Crippen MR) is 80.4 cm³/mol. The van der Waals surface area contributed by atoms with Gasteiger partial charge < -0.3 is 5.32 Å². The second-order valence-corrected chi connectivity index (χ2v) is 5.69. The Hall–Kier alpha value is -1.40. The van der Waals surface area contributed by atoms with Crippen molar-refractivity contribution in [2.75, 3.05) is 5.32 Å². The third kappa shape index (κ3) is 3.80. The first-order chi connectivity index (χ1) is 9.58. The topological polar surface area (TPSA) is 29.1 Å². The molecule has 0 aliphatic heterocycles. The highest BCUT2D eigenvalue weighted by molar-refractivity contribution is 9.10. The molecule has 0 saturated heterocycles. The van der Waals surface area contributed by atoms with Crippen LogP contribution in [-0.2, 0) is 0 Å². The lowest BCUT2D eigenvalue weighted by molar-refractivity contribution is 0.102. The minimum Gasteiger partial charge on any atom is -0.321 e. The number of carbonyl (C=O) groups is 1. The average molecular weight is 358 g/mol. The molecule has 0 spiro atoms. The van der Waals surface area contributed by atoms with Gasteiger partial charge in [0.2, 0.25) is 0 Å². The van der Waals surface area contributed by atoms with E-state index >= 15 is 0 Å². The van der Waals surface area contributed by atoms with Crippen LogP contribution in [0.4, 0.5) is 14.5 Å². The molecule has 6 heteroatoms. The average Bonchev–Trinajstić information content (AvgIpc) is 2.41. The minimum absolute atomic E-state index is 0.336. The summed E-state index contributed by atoms with van der Waals surface area (Å²) in [5.74, 6) is -2.88. The third-order valence-electron chi connectivity index (χ3n) is 2.47. The van der Waals surface area contributed by atoms with Gasteiger partial charge in [-0.05, 0) is 40.2 Å². The number of amides is 1. The van der Waals surface area contributed by atoms with Gasteiger partial charge in [0.25, 0.3) is 11.7 Å². The summed E-state index contributed by atoms with van der Waals surface area (Å²) >= 11 is 3.69. The first kappa shape index (κ1) is 15.0. The maximum absolute atomic E-state index is 12.5. The number of benzene rings is 2. The molecule has 0 fully saturated rings. The van der Waals surface area contributed by atoms with E-state index in [1.54, 1.807) is 48.5 Å². The van der Waals surface area contributed by atoms with Crippen molar-refractivity contribution in [3.05, 3.63) is 58.6 Å². The number of halogens is 3. The van der Waals surface area contributed by atoms with Crippen LogP contribution in [0.3, 0.4) is 0 Å². The molecule has 1 N–H and O–H groups in total. The predicted octanol–water partition coefficient (Wildman–Crippen LogP) is 5.02. The number of anilines is 1. The van der Waals surface area contributed by atoms with E-state index in [4.69, 9.17) is 0 Å². The molecule has 0 atom stereocenters. The van der Waals surface area contributed by atoms with Gasteiger partial charge >= 0.3 is 0 Å². The van der Waals surface area contributed by atoms with Crippen molar-refractivity contribution in [1.29, 1.82) is 0 Å². The van der Waals surface area contributed by atoms with Crippen molar-refractivity contribution in [3.63, 3.8) is 0 Å². The number of alkyl halides is 2. The Kier molecular flexibility index (Phi) is 5.14. The summed E-state index contributed by atoms with van der Waals surface area (Å²) in [6, 6.07) is 13.4. The summed E-state index contributed by atoms with van der Waals surface area (Å²) < 4.78 is 25.6. The summed E-state index contributed by atoms with van der Waals surface area (Å²) in [5, 5.41) is 2.65. The molecule has 2 rings (SSSR count). The van der Waals surface area contributed by atoms with E-state index in [-0.39, 0.29) is 5.91 Å². The van der Waals surface area contributed by atoms with Crippen LogP contribution in [-0.4, -0.2) is 11.7 Å². The van der Waals surface area contributed by atoms with E-state index in [1.165, 1.54) is 0 Å². The van der Waals surface area contributed by atoms with Gasteiger partial charge in [-0.15, -0.1) is 0 Å². The highest BCUT2D eigenvalue weighted by Gasteiger charge is 2.14. The van der Waals surface area contributed by atoms with Gasteiger partial charge in [0.05, 0.1) is 11.3 Å². The van der Waals surface area contributed by atoms with Gasteiger partial charge in [0, 0.05) is 9.37 Å². The first-order valence-corrected chi connectivity index (χ1v) is 7.35. The van der Waals surface area contributed by atoms with Crippen molar-refractivity contribution in [1.82, 2.24) is 0 Å². The summed E-state index contributed by atoms with van der Waals surface area (Å²) in [6.07, 6.45) is 0. The Labute approximate surface area is 127 Å². The van der Waals surface area contributed by atoms with Crippen LogP contribution >= 0.6 is 27.7 Å². The van der Waals surface area contributed by atoms with E-state index in [0.717, 1.165) is 0 Å². The van der Waals surface area contributed by atoms with Crippen LogP contribution in [0.15, 0.2) is 57.9 Å². The molecule has 0 saturated carbocycles. The molecule has 104 valence electrons. The van der Waals surface area contributed by atoms with Gasteiger partial charge in [0.15, 0.2) is 0 Å². The lowest BCUT2D eigenvalue weighted by Gasteiger charge is -2.11. The zero-order valence-electron chi connectivity index (χ0n) is 10.1. The van der Waals surface area contributed by atoms with E-state index in [2.05, 4.69) is 21.2 Å². The van der Waals surface area contributed by atoms with Crippen LogP contribution in [0.5, 0.6) is 0 Å². The van der Waals surface area contributed by atoms with Crippen LogP contribution < -0.4 is 5.32 Å². The highest BCUT2D eigenvalue weighted by atomic mass is 79.9. The molecule has 0 unspecified atom stereocenters. The van der Waals surface area contributed by atoms with Crippen LogP contribution in [0.2, 0.25) is 0 Å². The maximum atomic E-state index is 12.5. The lowest BCUT2D eigenvalue weighted by atomic mass is 10.2. The smallest absolute Gasteiger partial charge is 0.288 e. The molecule has 2 aromatic rings. The fourth-order valence-electron chi connectivity index (χ4n) is 1.60. The van der Waals surface area contributed by atoms with Crippen molar-refractivity contribution in [2.45, 2.75) is 10.7 Å². The molecule has 0 bridgehead atoms. The summed E-state index contributed by atoms with van der Waals surface area (Å²) in [5.41, 5.74) is 0.822. The van der Waals surface area contributed by atoms with E-state index in [1.807, 2.05) is 0 Å². The molecular weight excluding hydrogens is 348 g/mol. The number of carbonyl (C=O) groups excluding carboxylic acids is 1. The quantitative estimate of drug-likeness (QED) is 0.778. The summed E-state index contributed by atoms with van der Waals surface area (Å²) in [6.45, 7) is 0. The molecule has 0 aliphatic carbocycles. The number of nitrogens with one attached hydrogen (secondary N) is 1. The Balaban J connectivity index is 2.22. The van der Waals surface area contributed by atoms with Crippen molar-refractivity contribution in [2.24, 2.45) is 0 Å². The molecule has 2 aromatic carbocycles. The Morgan fingerprint density at radius 2 is 1.75 bits per heavy atom. The normalized spacial score (nSPS) is 10.6. The van der Waals surface area contributed by atoms with Gasteiger partial charge in [-0.25, -0.2) is 0 Å². The zero-order valence-corrected chi connectivity index (χ0v) is 12.5.